The van der Waals surface area contributed by atoms with E-state index in [-0.39, 0.29) is 16.3 Å². The standard InChI is InChI=1S/C38H39N3O6S/c1-4-5-6-13-26-33-39-38(40-41(33)34(27-18-9-7-10-19-27)29-22-14-16-24-31(29)36(42)46-2)48(44,45)35(28-20-11-8-12-21-28)30-23-15-17-25-32(30)37(43)47-3/h7-12,14-25,34-35H,4-6,13,26H2,1-3H3. The molecule has 0 saturated heterocycles. The van der Waals surface area contributed by atoms with Crippen molar-refractivity contribution >= 4 is 21.8 Å². The van der Waals surface area contributed by atoms with Crippen LogP contribution in [0.4, 0.5) is 0 Å². The predicted octanol–water partition coefficient (Wildman–Crippen LogP) is 7.18. The lowest BCUT2D eigenvalue weighted by molar-refractivity contribution is 0.0590. The van der Waals surface area contributed by atoms with Crippen LogP contribution in [-0.2, 0) is 25.7 Å². The quantitative estimate of drug-likeness (QED) is 0.0905. The average molecular weight is 666 g/mol. The van der Waals surface area contributed by atoms with Crippen LogP contribution in [0.15, 0.2) is 114 Å². The third kappa shape index (κ3) is 7.23. The molecule has 5 aromatic rings. The van der Waals surface area contributed by atoms with E-state index in [4.69, 9.17) is 19.6 Å². The van der Waals surface area contributed by atoms with Crippen LogP contribution in [0.2, 0.25) is 0 Å². The van der Waals surface area contributed by atoms with E-state index in [9.17, 15) is 18.0 Å². The van der Waals surface area contributed by atoms with Gasteiger partial charge in [0.15, 0.2) is 0 Å². The van der Waals surface area contributed by atoms with Crippen molar-refractivity contribution in [1.82, 2.24) is 14.8 Å². The van der Waals surface area contributed by atoms with Crippen molar-refractivity contribution in [3.8, 4) is 0 Å². The van der Waals surface area contributed by atoms with Gasteiger partial charge < -0.3 is 9.47 Å². The molecule has 2 unspecified atom stereocenters. The highest BCUT2D eigenvalue weighted by Crippen LogP contribution is 2.38. The van der Waals surface area contributed by atoms with E-state index < -0.39 is 33.1 Å². The molecule has 0 aliphatic carbocycles. The van der Waals surface area contributed by atoms with Gasteiger partial charge in [-0.15, -0.1) is 5.10 Å². The summed E-state index contributed by atoms with van der Waals surface area (Å²) in [5, 5.41) is 3.09. The van der Waals surface area contributed by atoms with Crippen LogP contribution in [-0.4, -0.2) is 49.3 Å². The molecular formula is C38H39N3O6S. The second-order valence-corrected chi connectivity index (χ2v) is 13.3. The monoisotopic (exact) mass is 665 g/mol. The van der Waals surface area contributed by atoms with E-state index in [1.54, 1.807) is 71.4 Å². The van der Waals surface area contributed by atoms with Crippen molar-refractivity contribution in [1.29, 1.82) is 0 Å². The number of esters is 2. The van der Waals surface area contributed by atoms with Crippen LogP contribution in [0.3, 0.4) is 0 Å². The van der Waals surface area contributed by atoms with Crippen molar-refractivity contribution < 1.29 is 27.5 Å². The van der Waals surface area contributed by atoms with Crippen LogP contribution >= 0.6 is 0 Å². The number of aryl methyl sites for hydroxylation is 1. The maximum absolute atomic E-state index is 14.9. The summed E-state index contributed by atoms with van der Waals surface area (Å²) in [5.41, 5.74) is 2.55. The average Bonchev–Trinajstić information content (AvgIpc) is 3.55. The third-order valence-electron chi connectivity index (χ3n) is 8.27. The zero-order chi connectivity index (χ0) is 34.1. The van der Waals surface area contributed by atoms with Crippen molar-refractivity contribution in [2.45, 2.75) is 55.5 Å². The maximum atomic E-state index is 14.9. The summed E-state index contributed by atoms with van der Waals surface area (Å²) in [6, 6.07) is 31.1. The SMILES string of the molecule is CCCCCCc1nc(S(=O)(=O)C(c2ccccc2)c2ccccc2C(=O)OC)nn1C(c1ccccc1)c1ccccc1C(=O)OC. The van der Waals surface area contributed by atoms with Gasteiger partial charge in [-0.25, -0.2) is 27.7 Å². The Labute approximate surface area is 281 Å². The third-order valence-corrected chi connectivity index (χ3v) is 10.1. The number of hydrogen-bond donors (Lipinski definition) is 0. The minimum Gasteiger partial charge on any atom is -0.465 e. The molecule has 5 rings (SSSR count). The normalized spacial score (nSPS) is 12.6. The largest absolute Gasteiger partial charge is 0.465 e. The highest BCUT2D eigenvalue weighted by atomic mass is 32.2. The molecule has 9 nitrogen and oxygen atoms in total. The van der Waals surface area contributed by atoms with Gasteiger partial charge in [-0.1, -0.05) is 123 Å². The van der Waals surface area contributed by atoms with Crippen molar-refractivity contribution in [3.63, 3.8) is 0 Å². The van der Waals surface area contributed by atoms with E-state index >= 15 is 0 Å². The van der Waals surface area contributed by atoms with E-state index in [2.05, 4.69) is 6.92 Å². The van der Waals surface area contributed by atoms with Crippen molar-refractivity contribution in [2.24, 2.45) is 0 Å². The van der Waals surface area contributed by atoms with Crippen LogP contribution in [0, 0.1) is 0 Å². The summed E-state index contributed by atoms with van der Waals surface area (Å²) in [4.78, 5) is 30.6. The fraction of sp³-hybridized carbons (Fsp3) is 0.263. The zero-order valence-corrected chi connectivity index (χ0v) is 28.1. The highest BCUT2D eigenvalue weighted by molar-refractivity contribution is 7.91. The highest BCUT2D eigenvalue weighted by Gasteiger charge is 2.38. The van der Waals surface area contributed by atoms with Gasteiger partial charge in [0.2, 0.25) is 9.84 Å². The summed E-state index contributed by atoms with van der Waals surface area (Å²) in [6.07, 6.45) is 4.20. The minimum absolute atomic E-state index is 0.130. The Bertz CT molecular complexity index is 1960. The fourth-order valence-corrected chi connectivity index (χ4v) is 7.64. The van der Waals surface area contributed by atoms with Crippen LogP contribution in [0.1, 0.15) is 92.7 Å². The minimum atomic E-state index is -4.38. The maximum Gasteiger partial charge on any atom is 0.338 e. The van der Waals surface area contributed by atoms with E-state index in [1.807, 2.05) is 42.5 Å². The topological polar surface area (TPSA) is 117 Å². The number of aromatic nitrogens is 3. The Kier molecular flexibility index (Phi) is 11.2. The molecule has 0 saturated carbocycles. The molecule has 248 valence electrons. The Morgan fingerprint density at radius 1 is 0.688 bits per heavy atom. The number of carbonyl (C=O) groups excluding carboxylic acids is 2. The number of carbonyl (C=O) groups is 2. The van der Waals surface area contributed by atoms with Gasteiger partial charge >= 0.3 is 11.9 Å². The first-order chi connectivity index (χ1) is 23.3. The van der Waals surface area contributed by atoms with Gasteiger partial charge in [-0.3, -0.25) is 0 Å². The number of benzene rings is 4. The van der Waals surface area contributed by atoms with Crippen LogP contribution in [0.25, 0.3) is 0 Å². The molecule has 0 amide bonds. The first-order valence-electron chi connectivity index (χ1n) is 16.0. The summed E-state index contributed by atoms with van der Waals surface area (Å²) in [6.45, 7) is 2.12. The predicted molar refractivity (Wildman–Crippen MR) is 183 cm³/mol. The van der Waals surface area contributed by atoms with Crippen molar-refractivity contribution in [3.05, 3.63) is 148 Å². The molecule has 10 heteroatoms. The molecule has 0 N–H and O–H groups in total. The lowest BCUT2D eigenvalue weighted by Crippen LogP contribution is -2.22. The van der Waals surface area contributed by atoms with Crippen LogP contribution < -0.4 is 0 Å². The molecule has 1 aromatic heterocycles. The molecule has 1 heterocycles. The molecule has 2 atom stereocenters. The fourth-order valence-electron chi connectivity index (χ4n) is 5.94. The Morgan fingerprint density at radius 2 is 1.21 bits per heavy atom. The number of nitrogens with zero attached hydrogens (tertiary/aromatic N) is 3. The van der Waals surface area contributed by atoms with Gasteiger partial charge in [0, 0.05) is 6.42 Å². The number of ether oxygens (including phenoxy) is 2. The molecule has 48 heavy (non-hydrogen) atoms. The van der Waals surface area contributed by atoms with Crippen molar-refractivity contribution in [2.75, 3.05) is 14.2 Å². The lowest BCUT2D eigenvalue weighted by atomic mass is 9.94. The van der Waals surface area contributed by atoms with E-state index in [0.29, 0.717) is 28.9 Å². The Morgan fingerprint density at radius 3 is 1.79 bits per heavy atom. The van der Waals surface area contributed by atoms with Gasteiger partial charge in [0.25, 0.3) is 5.16 Å². The lowest BCUT2D eigenvalue weighted by Gasteiger charge is -2.22. The van der Waals surface area contributed by atoms with Gasteiger partial charge in [0.1, 0.15) is 17.1 Å². The first-order valence-corrected chi connectivity index (χ1v) is 17.5. The summed E-state index contributed by atoms with van der Waals surface area (Å²) in [5.74, 6) is -0.709. The molecule has 0 spiro atoms. The van der Waals surface area contributed by atoms with E-state index in [1.165, 1.54) is 14.2 Å². The Balaban J connectivity index is 1.76. The van der Waals surface area contributed by atoms with Gasteiger partial charge in [0.05, 0.1) is 25.3 Å². The number of hydrogen-bond acceptors (Lipinski definition) is 8. The van der Waals surface area contributed by atoms with Gasteiger partial charge in [-0.2, -0.15) is 0 Å². The number of unbranched alkanes of at least 4 members (excludes halogenated alkanes) is 3. The second kappa shape index (κ2) is 15.7. The molecular weight excluding hydrogens is 627 g/mol. The van der Waals surface area contributed by atoms with E-state index in [0.717, 1.165) is 31.2 Å². The summed E-state index contributed by atoms with van der Waals surface area (Å²) >= 11 is 0. The molecule has 4 aromatic carbocycles. The molecule has 0 radical (unpaired) electrons. The summed E-state index contributed by atoms with van der Waals surface area (Å²) in [7, 11) is -1.80. The second-order valence-electron chi connectivity index (χ2n) is 11.4. The van der Waals surface area contributed by atoms with Crippen LogP contribution in [0.5, 0.6) is 0 Å². The zero-order valence-electron chi connectivity index (χ0n) is 27.3. The first kappa shape index (κ1) is 34.3. The summed E-state index contributed by atoms with van der Waals surface area (Å²) < 4.78 is 41.6. The Hall–Kier alpha value is -5.09. The molecule has 0 fully saturated rings. The molecule has 0 bridgehead atoms. The number of methoxy groups -OCH3 is 2. The number of rotatable bonds is 14. The number of sulfone groups is 1. The van der Waals surface area contributed by atoms with Gasteiger partial charge in [-0.05, 0) is 40.8 Å². The molecule has 0 aliphatic rings. The smallest absolute Gasteiger partial charge is 0.338 e. The molecule has 0 aliphatic heterocycles.